The summed E-state index contributed by atoms with van der Waals surface area (Å²) < 4.78 is 12.9. The summed E-state index contributed by atoms with van der Waals surface area (Å²) in [6.45, 7) is 0. The van der Waals surface area contributed by atoms with Crippen molar-refractivity contribution in [1.82, 2.24) is 9.78 Å². The molecule has 1 fully saturated rings. The maximum absolute atomic E-state index is 11.1. The first-order chi connectivity index (χ1) is 6.74. The van der Waals surface area contributed by atoms with Gasteiger partial charge in [-0.25, -0.2) is 0 Å². The lowest BCUT2D eigenvalue weighted by atomic mass is 10.1. The second-order valence-corrected chi connectivity index (χ2v) is 5.34. The molecule has 0 spiro atoms. The van der Waals surface area contributed by atoms with Gasteiger partial charge in [0.2, 0.25) is 0 Å². The van der Waals surface area contributed by atoms with E-state index in [2.05, 4.69) is 10.4 Å². The average Bonchev–Trinajstić information content (AvgIpc) is 2.56. The van der Waals surface area contributed by atoms with Gasteiger partial charge in [0.05, 0.1) is 0 Å². The molecule has 1 aromatic rings. The van der Waals surface area contributed by atoms with Gasteiger partial charge in [-0.05, 0) is 12.8 Å². The highest BCUT2D eigenvalue weighted by Gasteiger charge is 2.17. The van der Waals surface area contributed by atoms with Crippen LogP contribution in [0.5, 0.6) is 0 Å². The molecule has 0 amide bonds. The molecule has 2 heterocycles. The number of nitrogens with zero attached hydrogens (tertiary/aromatic N) is 2. The molecule has 1 aliphatic heterocycles. The summed E-state index contributed by atoms with van der Waals surface area (Å²) in [7, 11) is 1.32. The van der Waals surface area contributed by atoms with Crippen molar-refractivity contribution in [3.63, 3.8) is 0 Å². The van der Waals surface area contributed by atoms with Crippen molar-refractivity contribution in [2.45, 2.75) is 18.9 Å². The van der Waals surface area contributed by atoms with Crippen molar-refractivity contribution < 1.29 is 4.21 Å². The lowest BCUT2D eigenvalue weighted by Crippen LogP contribution is -2.29. The van der Waals surface area contributed by atoms with Gasteiger partial charge in [-0.2, -0.15) is 5.10 Å². The maximum Gasteiger partial charge on any atom is 0.148 e. The molecule has 0 radical (unpaired) electrons. The third-order valence-electron chi connectivity index (χ3n) is 2.45. The molecule has 2 rings (SSSR count). The Morgan fingerprint density at radius 1 is 1.57 bits per heavy atom. The van der Waals surface area contributed by atoms with Crippen molar-refractivity contribution in [2.75, 3.05) is 16.8 Å². The van der Waals surface area contributed by atoms with Crippen LogP contribution in [0, 0.1) is 0 Å². The van der Waals surface area contributed by atoms with Crippen LogP contribution in [-0.4, -0.2) is 31.5 Å². The standard InChI is InChI=1S/C9H15N3OS/c1-12-5-2-9(11-12)10-8-3-6-14(13)7-4-8/h2,5,8H,3-4,6-7H2,1H3,(H,10,11). The molecule has 14 heavy (non-hydrogen) atoms. The van der Waals surface area contributed by atoms with Crippen molar-refractivity contribution in [3.8, 4) is 0 Å². The largest absolute Gasteiger partial charge is 0.366 e. The van der Waals surface area contributed by atoms with Gasteiger partial charge in [0.1, 0.15) is 5.82 Å². The highest BCUT2D eigenvalue weighted by molar-refractivity contribution is 7.85. The van der Waals surface area contributed by atoms with Crippen molar-refractivity contribution >= 4 is 16.6 Å². The number of hydrogen-bond donors (Lipinski definition) is 1. The summed E-state index contributed by atoms with van der Waals surface area (Å²) in [6.07, 6.45) is 3.90. The first-order valence-corrected chi connectivity index (χ1v) is 6.34. The zero-order chi connectivity index (χ0) is 9.97. The van der Waals surface area contributed by atoms with E-state index in [-0.39, 0.29) is 0 Å². The van der Waals surface area contributed by atoms with Crippen LogP contribution in [0.25, 0.3) is 0 Å². The molecule has 1 aromatic heterocycles. The molecular weight excluding hydrogens is 198 g/mol. The fourth-order valence-electron chi connectivity index (χ4n) is 1.64. The van der Waals surface area contributed by atoms with Gasteiger partial charge in [0, 0.05) is 47.7 Å². The first-order valence-electron chi connectivity index (χ1n) is 4.85. The van der Waals surface area contributed by atoms with Crippen LogP contribution < -0.4 is 5.32 Å². The number of aryl methyl sites for hydroxylation is 1. The van der Waals surface area contributed by atoms with Gasteiger partial charge in [0.15, 0.2) is 0 Å². The van der Waals surface area contributed by atoms with E-state index in [9.17, 15) is 4.21 Å². The Bertz CT molecular complexity index is 327. The lowest BCUT2D eigenvalue weighted by Gasteiger charge is -2.22. The quantitative estimate of drug-likeness (QED) is 0.788. The minimum Gasteiger partial charge on any atom is -0.366 e. The predicted octanol–water partition coefficient (Wildman–Crippen LogP) is 0.743. The fraction of sp³-hybridized carbons (Fsp3) is 0.667. The summed E-state index contributed by atoms with van der Waals surface area (Å²) in [6, 6.07) is 2.41. The van der Waals surface area contributed by atoms with Crippen LogP contribution in [0.2, 0.25) is 0 Å². The zero-order valence-electron chi connectivity index (χ0n) is 8.27. The molecule has 1 aliphatic rings. The number of hydrogen-bond acceptors (Lipinski definition) is 3. The fourth-order valence-corrected chi connectivity index (χ4v) is 2.94. The second-order valence-electron chi connectivity index (χ2n) is 3.64. The monoisotopic (exact) mass is 213 g/mol. The Hall–Kier alpha value is -0.840. The SMILES string of the molecule is Cn1ccc(NC2CCS(=O)CC2)n1. The molecule has 4 nitrogen and oxygen atoms in total. The molecule has 0 aromatic carbocycles. The van der Waals surface area contributed by atoms with E-state index < -0.39 is 10.8 Å². The van der Waals surface area contributed by atoms with Crippen LogP contribution in [0.4, 0.5) is 5.82 Å². The van der Waals surface area contributed by atoms with Gasteiger partial charge >= 0.3 is 0 Å². The van der Waals surface area contributed by atoms with E-state index in [1.165, 1.54) is 0 Å². The van der Waals surface area contributed by atoms with Crippen molar-refractivity contribution in [3.05, 3.63) is 12.3 Å². The Balaban J connectivity index is 1.89. The molecule has 5 heteroatoms. The van der Waals surface area contributed by atoms with Crippen LogP contribution >= 0.6 is 0 Å². The molecule has 0 bridgehead atoms. The van der Waals surface area contributed by atoms with Crippen molar-refractivity contribution in [2.24, 2.45) is 7.05 Å². The van der Waals surface area contributed by atoms with Crippen molar-refractivity contribution in [1.29, 1.82) is 0 Å². The molecule has 1 saturated heterocycles. The molecule has 0 atom stereocenters. The summed E-state index contributed by atoms with van der Waals surface area (Å²) in [5.74, 6) is 2.57. The topological polar surface area (TPSA) is 46.9 Å². The number of nitrogens with one attached hydrogen (secondary N) is 1. The molecule has 0 saturated carbocycles. The van der Waals surface area contributed by atoms with E-state index in [0.29, 0.717) is 6.04 Å². The normalized spacial score (nSPS) is 27.5. The summed E-state index contributed by atoms with van der Waals surface area (Å²) >= 11 is 0. The van der Waals surface area contributed by atoms with Gasteiger partial charge in [-0.3, -0.25) is 8.89 Å². The first kappa shape index (κ1) is 9.71. The Kier molecular flexibility index (Phi) is 2.86. The molecule has 1 N–H and O–H groups in total. The summed E-state index contributed by atoms with van der Waals surface area (Å²) in [4.78, 5) is 0. The third kappa shape index (κ3) is 2.35. The molecule has 0 unspecified atom stereocenters. The third-order valence-corrected chi connectivity index (χ3v) is 3.84. The summed E-state index contributed by atoms with van der Waals surface area (Å²) in [5, 5.41) is 7.61. The van der Waals surface area contributed by atoms with Crippen LogP contribution in [-0.2, 0) is 17.8 Å². The van der Waals surface area contributed by atoms with Gasteiger partial charge in [-0.15, -0.1) is 0 Å². The lowest BCUT2D eigenvalue weighted by molar-refractivity contribution is 0.620. The van der Waals surface area contributed by atoms with E-state index in [1.807, 2.05) is 19.3 Å². The van der Waals surface area contributed by atoms with Crippen LogP contribution in [0.3, 0.4) is 0 Å². The summed E-state index contributed by atoms with van der Waals surface area (Å²) in [5.41, 5.74) is 0. The Morgan fingerprint density at radius 2 is 2.29 bits per heavy atom. The maximum atomic E-state index is 11.1. The minimum absolute atomic E-state index is 0.447. The number of rotatable bonds is 2. The minimum atomic E-state index is -0.579. The molecule has 0 aliphatic carbocycles. The number of anilines is 1. The molecule has 78 valence electrons. The average molecular weight is 213 g/mol. The Labute approximate surface area is 86.1 Å². The van der Waals surface area contributed by atoms with Gasteiger partial charge < -0.3 is 5.32 Å². The van der Waals surface area contributed by atoms with E-state index >= 15 is 0 Å². The van der Waals surface area contributed by atoms with Gasteiger partial charge in [0.25, 0.3) is 0 Å². The van der Waals surface area contributed by atoms with E-state index in [1.54, 1.807) is 4.68 Å². The second kappa shape index (κ2) is 4.13. The predicted molar refractivity (Wildman–Crippen MR) is 57.7 cm³/mol. The molecular formula is C9H15N3OS. The highest BCUT2D eigenvalue weighted by atomic mass is 32.2. The highest BCUT2D eigenvalue weighted by Crippen LogP contribution is 2.14. The smallest absolute Gasteiger partial charge is 0.148 e. The van der Waals surface area contributed by atoms with E-state index in [4.69, 9.17) is 0 Å². The zero-order valence-corrected chi connectivity index (χ0v) is 9.09. The van der Waals surface area contributed by atoms with E-state index in [0.717, 1.165) is 30.2 Å². The number of aromatic nitrogens is 2. The van der Waals surface area contributed by atoms with Gasteiger partial charge in [-0.1, -0.05) is 0 Å². The van der Waals surface area contributed by atoms with Crippen LogP contribution in [0.1, 0.15) is 12.8 Å². The van der Waals surface area contributed by atoms with Crippen LogP contribution in [0.15, 0.2) is 12.3 Å². The Morgan fingerprint density at radius 3 is 2.86 bits per heavy atom.